The van der Waals surface area contributed by atoms with Crippen molar-refractivity contribution in [3.63, 3.8) is 0 Å². The van der Waals surface area contributed by atoms with E-state index in [9.17, 15) is 4.79 Å². The summed E-state index contributed by atoms with van der Waals surface area (Å²) in [7, 11) is 0. The summed E-state index contributed by atoms with van der Waals surface area (Å²) < 4.78 is 1.85. The molecule has 1 N–H and O–H groups in total. The second kappa shape index (κ2) is 9.80. The highest BCUT2D eigenvalue weighted by Gasteiger charge is 2.23. The normalized spacial score (nSPS) is 12.1. The maximum Gasteiger partial charge on any atom is 0.244 e. The second-order valence-corrected chi connectivity index (χ2v) is 8.06. The summed E-state index contributed by atoms with van der Waals surface area (Å²) in [5.41, 5.74) is 4.04. The average molecular weight is 432 g/mol. The van der Waals surface area contributed by atoms with Crippen molar-refractivity contribution in [3.8, 4) is 11.3 Å². The number of benzene rings is 3. The van der Waals surface area contributed by atoms with Crippen LogP contribution in [0.25, 0.3) is 22.2 Å². The van der Waals surface area contributed by atoms with Crippen LogP contribution in [0, 0.1) is 0 Å². The van der Waals surface area contributed by atoms with Crippen LogP contribution in [0.5, 0.6) is 0 Å². The molecular weight excluding hydrogens is 406 g/mol. The molecule has 0 radical (unpaired) electrons. The van der Waals surface area contributed by atoms with Crippen molar-refractivity contribution in [2.45, 2.75) is 32.2 Å². The lowest BCUT2D eigenvalue weighted by molar-refractivity contribution is -0.124. The third-order valence-electron chi connectivity index (χ3n) is 5.48. The molecular formula is C26H26ClN3O. The number of halogens is 1. The van der Waals surface area contributed by atoms with Crippen molar-refractivity contribution in [2.75, 3.05) is 6.54 Å². The highest BCUT2D eigenvalue weighted by atomic mass is 35.5. The van der Waals surface area contributed by atoms with Gasteiger partial charge in [-0.15, -0.1) is 0 Å². The summed E-state index contributed by atoms with van der Waals surface area (Å²) in [5.74, 6) is -0.00507. The molecule has 0 aliphatic heterocycles. The molecule has 5 heteroatoms. The standard InChI is InChI=1S/C26H26ClN3O/c1-2-23(26(31)28-17-9-12-19-10-5-3-6-11-19)30-24-16-15-21(27)18-22(24)25(29-30)20-13-7-4-8-14-20/h3-8,10-11,13-16,18,23H,2,9,12,17H2,1H3,(H,28,31)/t23-/m0/s1. The Hall–Kier alpha value is -3.11. The summed E-state index contributed by atoms with van der Waals surface area (Å²) in [6, 6.07) is 25.7. The number of rotatable bonds is 8. The lowest BCUT2D eigenvalue weighted by atomic mass is 10.1. The van der Waals surface area contributed by atoms with Gasteiger partial charge in [-0.1, -0.05) is 79.2 Å². The number of hydrogen-bond donors (Lipinski definition) is 1. The number of carbonyl (C=O) groups is 1. The Kier molecular flexibility index (Phi) is 6.68. The van der Waals surface area contributed by atoms with E-state index in [0.29, 0.717) is 18.0 Å². The highest BCUT2D eigenvalue weighted by Crippen LogP contribution is 2.32. The molecule has 0 unspecified atom stereocenters. The largest absolute Gasteiger partial charge is 0.354 e. The van der Waals surface area contributed by atoms with Crippen LogP contribution in [-0.4, -0.2) is 22.2 Å². The Morgan fingerprint density at radius 2 is 1.74 bits per heavy atom. The zero-order valence-corrected chi connectivity index (χ0v) is 18.3. The van der Waals surface area contributed by atoms with E-state index in [4.69, 9.17) is 16.7 Å². The van der Waals surface area contributed by atoms with Gasteiger partial charge in [-0.2, -0.15) is 5.10 Å². The van der Waals surface area contributed by atoms with E-state index in [0.717, 1.165) is 35.0 Å². The smallest absolute Gasteiger partial charge is 0.244 e. The number of fused-ring (bicyclic) bond motifs is 1. The van der Waals surface area contributed by atoms with Gasteiger partial charge in [-0.3, -0.25) is 9.48 Å². The Morgan fingerprint density at radius 1 is 1.03 bits per heavy atom. The Bertz CT molecular complexity index is 1160. The number of nitrogens with one attached hydrogen (secondary N) is 1. The third kappa shape index (κ3) is 4.80. The van der Waals surface area contributed by atoms with Gasteiger partial charge >= 0.3 is 0 Å². The zero-order valence-electron chi connectivity index (χ0n) is 17.6. The van der Waals surface area contributed by atoms with E-state index < -0.39 is 0 Å². The Balaban J connectivity index is 1.55. The molecule has 3 aromatic carbocycles. The number of hydrogen-bond acceptors (Lipinski definition) is 2. The van der Waals surface area contributed by atoms with Crippen molar-refractivity contribution in [2.24, 2.45) is 0 Å². The van der Waals surface area contributed by atoms with Crippen molar-refractivity contribution < 1.29 is 4.79 Å². The fourth-order valence-electron chi connectivity index (χ4n) is 3.90. The molecule has 31 heavy (non-hydrogen) atoms. The van der Waals surface area contributed by atoms with Gasteiger partial charge in [0.2, 0.25) is 5.91 Å². The van der Waals surface area contributed by atoms with E-state index in [1.165, 1.54) is 5.56 Å². The zero-order chi connectivity index (χ0) is 21.6. The fourth-order valence-corrected chi connectivity index (χ4v) is 4.07. The summed E-state index contributed by atoms with van der Waals surface area (Å²) in [6.07, 6.45) is 2.49. The van der Waals surface area contributed by atoms with Gasteiger partial charge in [0, 0.05) is 22.5 Å². The molecule has 0 aliphatic carbocycles. The van der Waals surface area contributed by atoms with Crippen LogP contribution in [0.15, 0.2) is 78.9 Å². The molecule has 4 nitrogen and oxygen atoms in total. The topological polar surface area (TPSA) is 46.9 Å². The molecule has 4 aromatic rings. The third-order valence-corrected chi connectivity index (χ3v) is 5.72. The van der Waals surface area contributed by atoms with E-state index in [2.05, 4.69) is 17.4 Å². The first-order valence-electron chi connectivity index (χ1n) is 10.7. The molecule has 0 saturated carbocycles. The van der Waals surface area contributed by atoms with Gasteiger partial charge in [0.15, 0.2) is 0 Å². The van der Waals surface area contributed by atoms with Crippen LogP contribution in [0.3, 0.4) is 0 Å². The molecule has 0 spiro atoms. The van der Waals surface area contributed by atoms with Gasteiger partial charge in [0.05, 0.1) is 5.52 Å². The van der Waals surface area contributed by atoms with Crippen LogP contribution in [-0.2, 0) is 11.2 Å². The van der Waals surface area contributed by atoms with Gasteiger partial charge in [0.25, 0.3) is 0 Å². The number of amides is 1. The number of aryl methyl sites for hydroxylation is 1. The van der Waals surface area contributed by atoms with Crippen LogP contribution in [0.1, 0.15) is 31.4 Å². The first-order valence-corrected chi connectivity index (χ1v) is 11.1. The second-order valence-electron chi connectivity index (χ2n) is 7.62. The van der Waals surface area contributed by atoms with Crippen molar-refractivity contribution in [3.05, 3.63) is 89.4 Å². The monoisotopic (exact) mass is 431 g/mol. The predicted octanol–water partition coefficient (Wildman–Crippen LogP) is 6.06. The first kappa shape index (κ1) is 21.1. The SMILES string of the molecule is CC[C@@H](C(=O)NCCCc1ccccc1)n1nc(-c2ccccc2)c2cc(Cl)ccc21. The molecule has 4 rings (SSSR count). The lowest BCUT2D eigenvalue weighted by Crippen LogP contribution is -2.33. The lowest BCUT2D eigenvalue weighted by Gasteiger charge is -2.17. The van der Waals surface area contributed by atoms with Crippen molar-refractivity contribution >= 4 is 28.4 Å². The van der Waals surface area contributed by atoms with E-state index in [1.54, 1.807) is 0 Å². The minimum absolute atomic E-state index is 0.00507. The molecule has 158 valence electrons. The molecule has 0 fully saturated rings. The molecule has 0 saturated heterocycles. The van der Waals surface area contributed by atoms with Crippen LogP contribution < -0.4 is 5.32 Å². The summed E-state index contributed by atoms with van der Waals surface area (Å²) >= 11 is 6.28. The van der Waals surface area contributed by atoms with Gasteiger partial charge in [-0.05, 0) is 43.0 Å². The fraction of sp³-hybridized carbons (Fsp3) is 0.231. The molecule has 1 amide bonds. The molecule has 0 aliphatic rings. The molecule has 1 atom stereocenters. The highest BCUT2D eigenvalue weighted by molar-refractivity contribution is 6.31. The summed E-state index contributed by atoms with van der Waals surface area (Å²) in [6.45, 7) is 2.65. The van der Waals surface area contributed by atoms with Crippen LogP contribution in [0.2, 0.25) is 5.02 Å². The molecule has 1 aromatic heterocycles. The summed E-state index contributed by atoms with van der Waals surface area (Å²) in [4.78, 5) is 13.0. The number of carbonyl (C=O) groups excluding carboxylic acids is 1. The van der Waals surface area contributed by atoms with Gasteiger partial charge in [0.1, 0.15) is 11.7 Å². The van der Waals surface area contributed by atoms with E-state index in [1.807, 2.05) is 78.3 Å². The summed E-state index contributed by atoms with van der Waals surface area (Å²) in [5, 5.41) is 9.58. The minimum atomic E-state index is -0.377. The minimum Gasteiger partial charge on any atom is -0.354 e. The van der Waals surface area contributed by atoms with Gasteiger partial charge < -0.3 is 5.32 Å². The quantitative estimate of drug-likeness (QED) is 0.345. The average Bonchev–Trinajstić information content (AvgIpc) is 3.17. The Labute approximate surface area is 187 Å². The number of aromatic nitrogens is 2. The maximum atomic E-state index is 13.0. The van der Waals surface area contributed by atoms with E-state index >= 15 is 0 Å². The van der Waals surface area contributed by atoms with Crippen molar-refractivity contribution in [1.82, 2.24) is 15.1 Å². The molecule has 1 heterocycles. The number of nitrogens with zero attached hydrogens (tertiary/aromatic N) is 2. The van der Waals surface area contributed by atoms with Crippen LogP contribution >= 0.6 is 11.6 Å². The van der Waals surface area contributed by atoms with Crippen LogP contribution in [0.4, 0.5) is 0 Å². The predicted molar refractivity (Wildman–Crippen MR) is 127 cm³/mol. The first-order chi connectivity index (χ1) is 15.2. The van der Waals surface area contributed by atoms with Gasteiger partial charge in [-0.25, -0.2) is 0 Å². The van der Waals surface area contributed by atoms with Crippen molar-refractivity contribution in [1.29, 1.82) is 0 Å². The molecule has 0 bridgehead atoms. The maximum absolute atomic E-state index is 13.0. The van der Waals surface area contributed by atoms with E-state index in [-0.39, 0.29) is 11.9 Å². The Morgan fingerprint density at radius 3 is 2.45 bits per heavy atom.